The van der Waals surface area contributed by atoms with Gasteiger partial charge in [-0.15, -0.1) is 0 Å². The quantitative estimate of drug-likeness (QED) is 0.649. The molecule has 0 atom stereocenters. The monoisotopic (exact) mass is 214 g/mol. The largest absolute Gasteiger partial charge is 0.479 e. The Morgan fingerprint density at radius 2 is 2.00 bits per heavy atom. The highest BCUT2D eigenvalue weighted by Gasteiger charge is 2.45. The summed E-state index contributed by atoms with van der Waals surface area (Å²) in [6.45, 7) is 4.95. The van der Waals surface area contributed by atoms with Crippen molar-refractivity contribution in [1.29, 1.82) is 0 Å². The van der Waals surface area contributed by atoms with Gasteiger partial charge in [-0.1, -0.05) is 0 Å². The number of aliphatic carboxylic acids is 1. The lowest BCUT2D eigenvalue weighted by Crippen LogP contribution is -2.61. The summed E-state index contributed by atoms with van der Waals surface area (Å²) < 4.78 is 0. The van der Waals surface area contributed by atoms with Crippen molar-refractivity contribution in [2.45, 2.75) is 38.3 Å². The molecule has 15 heavy (non-hydrogen) atoms. The Hall–Kier alpha value is -1.10. The molecule has 5 heteroatoms. The Kier molecular flexibility index (Phi) is 3.68. The van der Waals surface area contributed by atoms with Crippen LogP contribution in [0.25, 0.3) is 0 Å². The number of nitrogens with one attached hydrogen (secondary N) is 1. The lowest BCUT2D eigenvalue weighted by atomic mass is 9.86. The van der Waals surface area contributed by atoms with Crippen LogP contribution >= 0.6 is 0 Å². The van der Waals surface area contributed by atoms with E-state index in [2.05, 4.69) is 5.32 Å². The van der Waals surface area contributed by atoms with Crippen LogP contribution in [0.5, 0.6) is 0 Å². The van der Waals surface area contributed by atoms with Crippen molar-refractivity contribution >= 4 is 12.4 Å². The van der Waals surface area contributed by atoms with Crippen LogP contribution in [-0.4, -0.2) is 47.1 Å². The molecule has 1 heterocycles. The summed E-state index contributed by atoms with van der Waals surface area (Å²) in [6, 6.07) is -0.0864. The van der Waals surface area contributed by atoms with Crippen LogP contribution in [0.2, 0.25) is 0 Å². The highest BCUT2D eigenvalue weighted by Crippen LogP contribution is 2.27. The van der Waals surface area contributed by atoms with Gasteiger partial charge < -0.3 is 15.3 Å². The maximum Gasteiger partial charge on any atom is 0.329 e. The van der Waals surface area contributed by atoms with E-state index in [1.165, 1.54) is 4.90 Å². The van der Waals surface area contributed by atoms with E-state index in [-0.39, 0.29) is 6.04 Å². The summed E-state index contributed by atoms with van der Waals surface area (Å²) in [4.78, 5) is 23.8. The normalized spacial score (nSPS) is 19.9. The van der Waals surface area contributed by atoms with Crippen molar-refractivity contribution in [3.63, 3.8) is 0 Å². The number of carbonyl (C=O) groups excluding carboxylic acids is 1. The van der Waals surface area contributed by atoms with Gasteiger partial charge in [0.1, 0.15) is 5.54 Å². The molecule has 2 N–H and O–H groups in total. The topological polar surface area (TPSA) is 69.6 Å². The third-order valence-electron chi connectivity index (χ3n) is 2.99. The summed E-state index contributed by atoms with van der Waals surface area (Å²) in [7, 11) is 0. The van der Waals surface area contributed by atoms with Gasteiger partial charge in [0.05, 0.1) is 0 Å². The third kappa shape index (κ3) is 2.12. The molecule has 0 bridgehead atoms. The fraction of sp³-hybridized carbons (Fsp3) is 0.800. The fourth-order valence-corrected chi connectivity index (χ4v) is 2.14. The average Bonchev–Trinajstić information content (AvgIpc) is 2.19. The first-order valence-corrected chi connectivity index (χ1v) is 5.22. The van der Waals surface area contributed by atoms with Gasteiger partial charge in [0.2, 0.25) is 6.41 Å². The fourth-order valence-electron chi connectivity index (χ4n) is 2.14. The van der Waals surface area contributed by atoms with Gasteiger partial charge in [-0.3, -0.25) is 4.79 Å². The van der Waals surface area contributed by atoms with Crippen molar-refractivity contribution in [3.05, 3.63) is 0 Å². The second-order valence-corrected chi connectivity index (χ2v) is 4.19. The molecule has 0 saturated carbocycles. The molecule has 86 valence electrons. The number of amides is 1. The van der Waals surface area contributed by atoms with E-state index < -0.39 is 11.5 Å². The van der Waals surface area contributed by atoms with Crippen LogP contribution in [0, 0.1) is 0 Å². The minimum Gasteiger partial charge on any atom is -0.479 e. The maximum absolute atomic E-state index is 11.4. The Bertz CT molecular complexity index is 247. The number of hydrogen-bond acceptors (Lipinski definition) is 3. The zero-order valence-corrected chi connectivity index (χ0v) is 9.19. The molecule has 1 aliphatic heterocycles. The molecule has 0 aromatic rings. The molecule has 5 nitrogen and oxygen atoms in total. The van der Waals surface area contributed by atoms with E-state index >= 15 is 0 Å². The van der Waals surface area contributed by atoms with Crippen LogP contribution in [0.4, 0.5) is 0 Å². The van der Waals surface area contributed by atoms with E-state index in [0.717, 1.165) is 0 Å². The highest BCUT2D eigenvalue weighted by molar-refractivity contribution is 5.81. The number of carboxylic acid groups (broad SMARTS) is 1. The van der Waals surface area contributed by atoms with E-state index in [1.807, 2.05) is 13.8 Å². The number of nitrogens with zero attached hydrogens (tertiary/aromatic N) is 1. The minimum absolute atomic E-state index is 0.0864. The van der Waals surface area contributed by atoms with Gasteiger partial charge in [0.25, 0.3) is 0 Å². The number of carbonyl (C=O) groups is 2. The summed E-state index contributed by atoms with van der Waals surface area (Å²) >= 11 is 0. The molecule has 1 saturated heterocycles. The van der Waals surface area contributed by atoms with Crippen molar-refractivity contribution in [2.75, 3.05) is 13.1 Å². The third-order valence-corrected chi connectivity index (χ3v) is 2.99. The van der Waals surface area contributed by atoms with Gasteiger partial charge >= 0.3 is 5.97 Å². The predicted molar refractivity (Wildman–Crippen MR) is 55.5 cm³/mol. The molecule has 1 aliphatic rings. The Morgan fingerprint density at radius 1 is 1.47 bits per heavy atom. The minimum atomic E-state index is -1.01. The lowest BCUT2D eigenvalue weighted by molar-refractivity contribution is -0.159. The number of rotatable bonds is 4. The standard InChI is InChI=1S/C10H18N2O3/c1-8(2)12(7-13)10(9(14)15)3-5-11-6-4-10/h7-8,11H,3-6H2,1-2H3,(H,14,15). The first-order chi connectivity index (χ1) is 7.04. The first-order valence-electron chi connectivity index (χ1n) is 5.22. The number of carboxylic acids is 1. The molecule has 0 aromatic carbocycles. The SMILES string of the molecule is CC(C)N(C=O)C1(C(=O)O)CCNCC1. The van der Waals surface area contributed by atoms with Crippen molar-refractivity contribution in [3.8, 4) is 0 Å². The lowest BCUT2D eigenvalue weighted by Gasteiger charge is -2.43. The number of piperidine rings is 1. The van der Waals surface area contributed by atoms with Crippen LogP contribution in [0.3, 0.4) is 0 Å². The van der Waals surface area contributed by atoms with Gasteiger partial charge in [-0.2, -0.15) is 0 Å². The van der Waals surface area contributed by atoms with E-state index in [1.54, 1.807) is 0 Å². The zero-order chi connectivity index (χ0) is 11.5. The Morgan fingerprint density at radius 3 is 2.33 bits per heavy atom. The smallest absolute Gasteiger partial charge is 0.329 e. The molecular formula is C10H18N2O3. The second-order valence-electron chi connectivity index (χ2n) is 4.19. The molecular weight excluding hydrogens is 196 g/mol. The van der Waals surface area contributed by atoms with Crippen LogP contribution in [-0.2, 0) is 9.59 Å². The first kappa shape index (κ1) is 12.0. The maximum atomic E-state index is 11.4. The summed E-state index contributed by atoms with van der Waals surface area (Å²) in [5.41, 5.74) is -1.01. The van der Waals surface area contributed by atoms with Crippen LogP contribution < -0.4 is 5.32 Å². The van der Waals surface area contributed by atoms with Gasteiger partial charge in [0, 0.05) is 6.04 Å². The van der Waals surface area contributed by atoms with Crippen LogP contribution in [0.15, 0.2) is 0 Å². The molecule has 0 unspecified atom stereocenters. The van der Waals surface area contributed by atoms with E-state index in [0.29, 0.717) is 32.3 Å². The summed E-state index contributed by atoms with van der Waals surface area (Å²) in [5, 5.41) is 12.4. The van der Waals surface area contributed by atoms with Crippen molar-refractivity contribution in [1.82, 2.24) is 10.2 Å². The van der Waals surface area contributed by atoms with Crippen molar-refractivity contribution in [2.24, 2.45) is 0 Å². The summed E-state index contributed by atoms with van der Waals surface area (Å²) in [6.07, 6.45) is 1.60. The van der Waals surface area contributed by atoms with Gasteiger partial charge in [0.15, 0.2) is 0 Å². The summed E-state index contributed by atoms with van der Waals surface area (Å²) in [5.74, 6) is -0.898. The molecule has 0 radical (unpaired) electrons. The molecule has 0 spiro atoms. The Labute approximate surface area is 89.4 Å². The Balaban J connectivity index is 2.97. The van der Waals surface area contributed by atoms with Crippen molar-refractivity contribution < 1.29 is 14.7 Å². The average molecular weight is 214 g/mol. The molecule has 0 aromatic heterocycles. The molecule has 0 aliphatic carbocycles. The van der Waals surface area contributed by atoms with E-state index in [4.69, 9.17) is 0 Å². The molecule has 1 fully saturated rings. The molecule has 1 amide bonds. The van der Waals surface area contributed by atoms with Crippen LogP contribution in [0.1, 0.15) is 26.7 Å². The zero-order valence-electron chi connectivity index (χ0n) is 9.19. The second kappa shape index (κ2) is 4.61. The number of hydrogen-bond donors (Lipinski definition) is 2. The van der Waals surface area contributed by atoms with Gasteiger partial charge in [-0.25, -0.2) is 4.79 Å². The highest BCUT2D eigenvalue weighted by atomic mass is 16.4. The van der Waals surface area contributed by atoms with Gasteiger partial charge in [-0.05, 0) is 39.8 Å². The van der Waals surface area contributed by atoms with E-state index in [9.17, 15) is 14.7 Å². The predicted octanol–water partition coefficient (Wildman–Crippen LogP) is 0.0600. The molecule has 1 rings (SSSR count).